The lowest BCUT2D eigenvalue weighted by Gasteiger charge is -2.10. The van der Waals surface area contributed by atoms with Gasteiger partial charge in [-0.1, -0.05) is 0 Å². The van der Waals surface area contributed by atoms with Gasteiger partial charge in [0.2, 0.25) is 0 Å². The summed E-state index contributed by atoms with van der Waals surface area (Å²) in [5, 5.41) is 0.603. The van der Waals surface area contributed by atoms with Gasteiger partial charge in [-0.25, -0.2) is 8.42 Å². The van der Waals surface area contributed by atoms with Gasteiger partial charge in [0.25, 0.3) is 9.05 Å². The Morgan fingerprint density at radius 3 is 2.53 bits per heavy atom. The molecule has 0 aliphatic rings. The minimum atomic E-state index is -3.89. The van der Waals surface area contributed by atoms with Gasteiger partial charge in [-0.2, -0.15) is 0 Å². The van der Waals surface area contributed by atoms with Crippen LogP contribution in [0.25, 0.3) is 10.9 Å². The number of nitrogens with one attached hydrogen (secondary N) is 1. The van der Waals surface area contributed by atoms with Crippen molar-refractivity contribution in [2.24, 2.45) is 0 Å². The molecule has 0 radical (unpaired) electrons. The molecule has 0 amide bonds. The van der Waals surface area contributed by atoms with Crippen LogP contribution >= 0.6 is 10.7 Å². The van der Waals surface area contributed by atoms with Crippen LogP contribution < -0.4 is 9.47 Å². The van der Waals surface area contributed by atoms with Gasteiger partial charge in [-0.15, -0.1) is 0 Å². The van der Waals surface area contributed by atoms with Crippen LogP contribution in [-0.4, -0.2) is 27.6 Å². The predicted molar refractivity (Wildman–Crippen MR) is 64.4 cm³/mol. The van der Waals surface area contributed by atoms with Crippen molar-refractivity contribution in [1.82, 2.24) is 4.98 Å². The smallest absolute Gasteiger partial charge is 0.265 e. The third kappa shape index (κ3) is 1.94. The van der Waals surface area contributed by atoms with Gasteiger partial charge in [-0.05, 0) is 6.07 Å². The largest absolute Gasteiger partial charge is 0.495 e. The van der Waals surface area contributed by atoms with Crippen LogP contribution in [0.1, 0.15) is 0 Å². The zero-order valence-corrected chi connectivity index (χ0v) is 10.7. The molecule has 2 rings (SSSR count). The molecular weight excluding hydrogens is 266 g/mol. The molecule has 0 unspecified atom stereocenters. The minimum Gasteiger partial charge on any atom is -0.495 e. The third-order valence-corrected chi connectivity index (χ3v) is 3.74. The third-order valence-electron chi connectivity index (χ3n) is 2.41. The van der Waals surface area contributed by atoms with Crippen molar-refractivity contribution in [2.45, 2.75) is 4.90 Å². The number of aromatic amines is 1. The number of hydrogen-bond donors (Lipinski definition) is 1. The molecule has 1 aromatic heterocycles. The lowest BCUT2D eigenvalue weighted by Crippen LogP contribution is -1.98. The summed E-state index contributed by atoms with van der Waals surface area (Å²) in [5.74, 6) is 0.599. The topological polar surface area (TPSA) is 68.4 Å². The van der Waals surface area contributed by atoms with E-state index in [-0.39, 0.29) is 10.6 Å². The van der Waals surface area contributed by atoms with E-state index in [0.29, 0.717) is 16.7 Å². The fourth-order valence-corrected chi connectivity index (χ4v) is 2.71. The Morgan fingerprint density at radius 1 is 1.29 bits per heavy atom. The molecule has 92 valence electrons. The Hall–Kier alpha value is -1.40. The summed E-state index contributed by atoms with van der Waals surface area (Å²) >= 11 is 0. The Bertz CT molecular complexity index is 662. The maximum atomic E-state index is 11.5. The van der Waals surface area contributed by atoms with Crippen LogP contribution in [0, 0.1) is 0 Å². The van der Waals surface area contributed by atoms with Crippen molar-refractivity contribution >= 4 is 30.6 Å². The molecule has 0 saturated carbocycles. The van der Waals surface area contributed by atoms with E-state index >= 15 is 0 Å². The van der Waals surface area contributed by atoms with E-state index in [0.717, 1.165) is 0 Å². The zero-order chi connectivity index (χ0) is 12.6. The molecule has 7 heteroatoms. The van der Waals surface area contributed by atoms with E-state index in [1.807, 2.05) is 0 Å². The number of ether oxygens (including phenoxy) is 2. The van der Waals surface area contributed by atoms with E-state index in [1.165, 1.54) is 20.3 Å². The van der Waals surface area contributed by atoms with Crippen LogP contribution in [0.4, 0.5) is 0 Å². The van der Waals surface area contributed by atoms with E-state index in [1.54, 1.807) is 12.3 Å². The first-order valence-electron chi connectivity index (χ1n) is 4.65. The van der Waals surface area contributed by atoms with Crippen molar-refractivity contribution in [3.8, 4) is 11.5 Å². The SMILES string of the molecule is COc1c(S(=O)(=O)Cl)cc(OC)c2[nH]ccc12. The molecule has 0 bridgehead atoms. The summed E-state index contributed by atoms with van der Waals surface area (Å²) in [6.45, 7) is 0. The molecule has 0 fully saturated rings. The lowest BCUT2D eigenvalue weighted by molar-refractivity contribution is 0.400. The maximum absolute atomic E-state index is 11.5. The fraction of sp³-hybridized carbons (Fsp3) is 0.200. The number of aromatic nitrogens is 1. The molecule has 5 nitrogen and oxygen atoms in total. The van der Waals surface area contributed by atoms with Crippen molar-refractivity contribution in [2.75, 3.05) is 14.2 Å². The zero-order valence-electron chi connectivity index (χ0n) is 9.15. The predicted octanol–water partition coefficient (Wildman–Crippen LogP) is 2.11. The Kier molecular flexibility index (Phi) is 2.92. The van der Waals surface area contributed by atoms with Gasteiger partial charge in [0, 0.05) is 28.3 Å². The molecule has 0 spiro atoms. The van der Waals surface area contributed by atoms with Crippen molar-refractivity contribution in [3.05, 3.63) is 18.3 Å². The summed E-state index contributed by atoms with van der Waals surface area (Å²) in [6, 6.07) is 3.03. The Labute approximate surface area is 103 Å². The first kappa shape index (κ1) is 12.1. The van der Waals surface area contributed by atoms with Gasteiger partial charge in [-0.3, -0.25) is 0 Å². The molecule has 1 N–H and O–H groups in total. The molecular formula is C10H10ClNO4S. The number of methoxy groups -OCH3 is 2. The van der Waals surface area contributed by atoms with Crippen LogP contribution in [-0.2, 0) is 9.05 Å². The second-order valence-electron chi connectivity index (χ2n) is 3.31. The van der Waals surface area contributed by atoms with Crippen molar-refractivity contribution in [1.29, 1.82) is 0 Å². The summed E-state index contributed by atoms with van der Waals surface area (Å²) in [6.07, 6.45) is 1.67. The van der Waals surface area contributed by atoms with Crippen LogP contribution in [0.5, 0.6) is 11.5 Å². The van der Waals surface area contributed by atoms with Gasteiger partial charge in [0.05, 0.1) is 19.7 Å². The molecule has 0 aliphatic carbocycles. The number of hydrogen-bond acceptors (Lipinski definition) is 4. The van der Waals surface area contributed by atoms with E-state index in [9.17, 15) is 8.42 Å². The molecule has 0 atom stereocenters. The summed E-state index contributed by atoms with van der Waals surface area (Å²) in [7, 11) is 4.31. The molecule has 1 heterocycles. The molecule has 0 aliphatic heterocycles. The molecule has 0 saturated heterocycles. The minimum absolute atomic E-state index is 0.106. The second kappa shape index (κ2) is 4.12. The highest BCUT2D eigenvalue weighted by Gasteiger charge is 2.22. The Balaban J connectivity index is 2.93. The van der Waals surface area contributed by atoms with Crippen LogP contribution in [0.2, 0.25) is 0 Å². The highest BCUT2D eigenvalue weighted by atomic mass is 35.7. The summed E-state index contributed by atoms with van der Waals surface area (Å²) < 4.78 is 33.1. The maximum Gasteiger partial charge on any atom is 0.265 e. The summed E-state index contributed by atoms with van der Waals surface area (Å²) in [5.41, 5.74) is 0.661. The number of H-pyrrole nitrogens is 1. The van der Waals surface area contributed by atoms with E-state index < -0.39 is 9.05 Å². The average Bonchev–Trinajstić information content (AvgIpc) is 2.74. The number of benzene rings is 1. The Morgan fingerprint density at radius 2 is 2.00 bits per heavy atom. The van der Waals surface area contributed by atoms with E-state index in [4.69, 9.17) is 20.2 Å². The standard InChI is InChI=1S/C10H10ClNO4S/c1-15-7-5-8(17(11,13)14)10(16-2)6-3-4-12-9(6)7/h3-5,12H,1-2H3. The van der Waals surface area contributed by atoms with Gasteiger partial charge in [0.15, 0.2) is 0 Å². The monoisotopic (exact) mass is 275 g/mol. The molecule has 1 aromatic carbocycles. The highest BCUT2D eigenvalue weighted by Crippen LogP contribution is 2.39. The summed E-state index contributed by atoms with van der Waals surface area (Å²) in [4.78, 5) is 2.84. The number of rotatable bonds is 3. The van der Waals surface area contributed by atoms with Crippen molar-refractivity contribution < 1.29 is 17.9 Å². The molecule has 17 heavy (non-hydrogen) atoms. The van der Waals surface area contributed by atoms with Gasteiger partial charge < -0.3 is 14.5 Å². The number of halogens is 1. The average molecular weight is 276 g/mol. The lowest BCUT2D eigenvalue weighted by atomic mass is 10.2. The van der Waals surface area contributed by atoms with Gasteiger partial charge >= 0.3 is 0 Å². The fourth-order valence-electron chi connectivity index (χ4n) is 1.70. The first-order chi connectivity index (χ1) is 7.99. The second-order valence-corrected chi connectivity index (χ2v) is 5.85. The first-order valence-corrected chi connectivity index (χ1v) is 6.96. The number of fused-ring (bicyclic) bond motifs is 1. The normalized spacial score (nSPS) is 11.7. The van der Waals surface area contributed by atoms with Crippen LogP contribution in [0.15, 0.2) is 23.2 Å². The van der Waals surface area contributed by atoms with Crippen LogP contribution in [0.3, 0.4) is 0 Å². The quantitative estimate of drug-likeness (QED) is 0.871. The molecule has 2 aromatic rings. The van der Waals surface area contributed by atoms with Gasteiger partial charge in [0.1, 0.15) is 16.4 Å². The van der Waals surface area contributed by atoms with E-state index in [2.05, 4.69) is 4.98 Å². The van der Waals surface area contributed by atoms with Crippen molar-refractivity contribution in [3.63, 3.8) is 0 Å². The highest BCUT2D eigenvalue weighted by molar-refractivity contribution is 8.13.